The van der Waals surface area contributed by atoms with Gasteiger partial charge in [0.05, 0.1) is 16.6 Å². The van der Waals surface area contributed by atoms with Gasteiger partial charge in [-0.15, -0.1) is 0 Å². The molecule has 0 amide bonds. The zero-order valence-electron chi connectivity index (χ0n) is 16.3. The van der Waals surface area contributed by atoms with Crippen molar-refractivity contribution in [2.75, 3.05) is 0 Å². The molecular weight excluding hydrogens is 354 g/mol. The highest BCUT2D eigenvalue weighted by Crippen LogP contribution is 2.31. The van der Waals surface area contributed by atoms with E-state index in [2.05, 4.69) is 67.4 Å². The maximum absolute atomic E-state index is 9.94. The van der Waals surface area contributed by atoms with E-state index in [1.54, 1.807) is 0 Å². The van der Waals surface area contributed by atoms with Crippen LogP contribution in [0, 0.1) is 25.2 Å². The highest BCUT2D eigenvalue weighted by atomic mass is 14.9. The van der Waals surface area contributed by atoms with Gasteiger partial charge in [-0.05, 0) is 76.4 Å². The van der Waals surface area contributed by atoms with Crippen molar-refractivity contribution in [3.8, 4) is 6.07 Å². The van der Waals surface area contributed by atoms with Gasteiger partial charge in [-0.3, -0.25) is 0 Å². The number of rotatable bonds is 2. The molecule has 0 aliphatic heterocycles. The molecule has 0 unspecified atom stereocenters. The molecular formula is C26H19N3. The van der Waals surface area contributed by atoms with Crippen LogP contribution in [0.3, 0.4) is 0 Å². The Morgan fingerprint density at radius 3 is 2.17 bits per heavy atom. The van der Waals surface area contributed by atoms with Crippen LogP contribution in [0.1, 0.15) is 22.5 Å². The largest absolute Gasteiger partial charge is 0.337 e. The van der Waals surface area contributed by atoms with Crippen molar-refractivity contribution in [1.29, 1.82) is 5.26 Å². The third kappa shape index (κ3) is 2.86. The maximum Gasteiger partial charge on any atom is 0.149 e. The van der Waals surface area contributed by atoms with E-state index in [1.165, 1.54) is 11.1 Å². The second-order valence-corrected chi connectivity index (χ2v) is 7.44. The van der Waals surface area contributed by atoms with Gasteiger partial charge >= 0.3 is 0 Å². The third-order valence-electron chi connectivity index (χ3n) is 5.57. The minimum atomic E-state index is 0.526. The van der Waals surface area contributed by atoms with Crippen LogP contribution < -0.4 is 0 Å². The van der Waals surface area contributed by atoms with E-state index in [9.17, 15) is 5.26 Å². The van der Waals surface area contributed by atoms with Gasteiger partial charge in [-0.2, -0.15) is 5.26 Å². The maximum atomic E-state index is 9.94. The van der Waals surface area contributed by atoms with Crippen molar-refractivity contribution >= 4 is 44.2 Å². The van der Waals surface area contributed by atoms with Gasteiger partial charge < -0.3 is 4.98 Å². The molecule has 5 rings (SSSR count). The average molecular weight is 373 g/mol. The number of benzene rings is 4. The summed E-state index contributed by atoms with van der Waals surface area (Å²) in [6.07, 6.45) is 1.96. The molecule has 0 aliphatic rings. The lowest BCUT2D eigenvalue weighted by atomic mass is 9.95. The number of allylic oxidation sites excluding steroid dienone is 1. The third-order valence-corrected chi connectivity index (χ3v) is 5.57. The van der Waals surface area contributed by atoms with E-state index < -0.39 is 0 Å². The Morgan fingerprint density at radius 2 is 1.52 bits per heavy atom. The quantitative estimate of drug-likeness (QED) is 0.282. The predicted molar refractivity (Wildman–Crippen MR) is 121 cm³/mol. The Bertz CT molecular complexity index is 1390. The molecule has 0 saturated carbocycles. The molecule has 0 atom stereocenters. The van der Waals surface area contributed by atoms with Crippen molar-refractivity contribution in [2.24, 2.45) is 0 Å². The van der Waals surface area contributed by atoms with Gasteiger partial charge in [0.2, 0.25) is 0 Å². The summed E-state index contributed by atoms with van der Waals surface area (Å²) in [5, 5.41) is 14.5. The topological polar surface area (TPSA) is 52.5 Å². The van der Waals surface area contributed by atoms with Crippen LogP contribution in [-0.4, -0.2) is 9.97 Å². The average Bonchev–Trinajstić information content (AvgIpc) is 3.13. The summed E-state index contributed by atoms with van der Waals surface area (Å²) in [5.74, 6) is 0.601. The molecule has 0 radical (unpaired) electrons. The number of hydrogen-bond donors (Lipinski definition) is 1. The summed E-state index contributed by atoms with van der Waals surface area (Å²) in [5.41, 5.74) is 5.80. The summed E-state index contributed by atoms with van der Waals surface area (Å²) in [4.78, 5) is 8.02. The van der Waals surface area contributed by atoms with Crippen molar-refractivity contribution in [3.63, 3.8) is 0 Å². The first-order chi connectivity index (χ1) is 14.1. The molecule has 3 nitrogen and oxygen atoms in total. The Kier molecular flexibility index (Phi) is 3.93. The van der Waals surface area contributed by atoms with E-state index in [-0.39, 0.29) is 0 Å². The van der Waals surface area contributed by atoms with Gasteiger partial charge in [0.15, 0.2) is 0 Å². The fraction of sp³-hybridized carbons (Fsp3) is 0.0769. The lowest BCUT2D eigenvalue weighted by Gasteiger charge is -2.08. The van der Waals surface area contributed by atoms with Gasteiger partial charge in [0.25, 0.3) is 0 Å². The van der Waals surface area contributed by atoms with Gasteiger partial charge in [0.1, 0.15) is 11.9 Å². The predicted octanol–water partition coefficient (Wildman–Crippen LogP) is 6.55. The number of aromatic nitrogens is 2. The molecule has 1 aromatic heterocycles. The fourth-order valence-electron chi connectivity index (χ4n) is 3.90. The second-order valence-electron chi connectivity index (χ2n) is 7.44. The summed E-state index contributed by atoms with van der Waals surface area (Å²) in [7, 11) is 0. The number of imidazole rings is 1. The summed E-state index contributed by atoms with van der Waals surface area (Å²) < 4.78 is 0. The first-order valence-corrected chi connectivity index (χ1v) is 9.63. The summed E-state index contributed by atoms with van der Waals surface area (Å²) in [6, 6.07) is 25.3. The molecule has 1 N–H and O–H groups in total. The normalized spacial score (nSPS) is 12.0. The van der Waals surface area contributed by atoms with Crippen molar-refractivity contribution in [3.05, 3.63) is 89.2 Å². The molecule has 0 spiro atoms. The fourth-order valence-corrected chi connectivity index (χ4v) is 3.90. The molecule has 0 saturated heterocycles. The SMILES string of the molecule is Cc1cc2nc(/C(C#N)=C/c3c4ccccc4cc4ccccc34)[nH]c2cc1C. The number of hydrogen-bond acceptors (Lipinski definition) is 2. The number of nitriles is 1. The van der Waals surface area contributed by atoms with Crippen molar-refractivity contribution in [2.45, 2.75) is 13.8 Å². The zero-order chi connectivity index (χ0) is 20.0. The molecule has 1 heterocycles. The van der Waals surface area contributed by atoms with Crippen LogP contribution >= 0.6 is 0 Å². The molecule has 4 aromatic carbocycles. The second kappa shape index (κ2) is 6.61. The number of aromatic amines is 1. The minimum absolute atomic E-state index is 0.526. The zero-order valence-corrected chi connectivity index (χ0v) is 16.3. The van der Waals surface area contributed by atoms with Gasteiger partial charge in [-0.1, -0.05) is 48.5 Å². The van der Waals surface area contributed by atoms with Crippen LogP contribution in [0.2, 0.25) is 0 Å². The highest BCUT2D eigenvalue weighted by Gasteiger charge is 2.12. The molecule has 0 bridgehead atoms. The lowest BCUT2D eigenvalue weighted by molar-refractivity contribution is 1.27. The number of aryl methyl sites for hydroxylation is 2. The van der Waals surface area contributed by atoms with E-state index in [0.29, 0.717) is 11.4 Å². The molecule has 29 heavy (non-hydrogen) atoms. The van der Waals surface area contributed by atoms with Crippen LogP contribution in [0.25, 0.3) is 44.2 Å². The van der Waals surface area contributed by atoms with Gasteiger partial charge in [0, 0.05) is 0 Å². The highest BCUT2D eigenvalue weighted by molar-refractivity contribution is 6.10. The molecule has 3 heteroatoms. The van der Waals surface area contributed by atoms with Crippen molar-refractivity contribution in [1.82, 2.24) is 9.97 Å². The van der Waals surface area contributed by atoms with E-state index >= 15 is 0 Å². The first-order valence-electron chi connectivity index (χ1n) is 9.63. The van der Waals surface area contributed by atoms with Crippen LogP contribution in [0.5, 0.6) is 0 Å². The monoisotopic (exact) mass is 373 g/mol. The number of fused-ring (bicyclic) bond motifs is 3. The van der Waals surface area contributed by atoms with Gasteiger partial charge in [-0.25, -0.2) is 4.98 Å². The minimum Gasteiger partial charge on any atom is -0.337 e. The Morgan fingerprint density at radius 1 is 0.897 bits per heavy atom. The Labute approximate surface area is 168 Å². The van der Waals surface area contributed by atoms with Crippen LogP contribution in [-0.2, 0) is 0 Å². The van der Waals surface area contributed by atoms with E-state index in [4.69, 9.17) is 4.98 Å². The molecule has 0 aliphatic carbocycles. The molecule has 0 fully saturated rings. The smallest absolute Gasteiger partial charge is 0.149 e. The van der Waals surface area contributed by atoms with Crippen LogP contribution in [0.15, 0.2) is 66.7 Å². The standard InChI is InChI=1S/C26H19N3/c1-16-11-24-25(12-17(16)2)29-26(28-24)20(15-27)14-23-21-9-5-3-7-18(21)13-19-8-4-6-10-22(19)23/h3-14H,1-2H3,(H,28,29)/b20-14+. The Hall–Kier alpha value is -3.90. The van der Waals surface area contributed by atoms with E-state index in [1.807, 2.05) is 30.3 Å². The molecule has 138 valence electrons. The van der Waals surface area contributed by atoms with Crippen LogP contribution in [0.4, 0.5) is 0 Å². The Balaban J connectivity index is 1.78. The summed E-state index contributed by atoms with van der Waals surface area (Å²) >= 11 is 0. The number of nitrogens with zero attached hydrogens (tertiary/aromatic N) is 2. The summed E-state index contributed by atoms with van der Waals surface area (Å²) in [6.45, 7) is 4.16. The molecule has 5 aromatic rings. The number of nitrogens with one attached hydrogen (secondary N) is 1. The van der Waals surface area contributed by atoms with Crippen molar-refractivity contribution < 1.29 is 0 Å². The lowest BCUT2D eigenvalue weighted by Crippen LogP contribution is -1.88. The first kappa shape index (κ1) is 17.2. The number of H-pyrrole nitrogens is 1. The van der Waals surface area contributed by atoms with E-state index in [0.717, 1.165) is 38.1 Å².